The van der Waals surface area contributed by atoms with Crippen molar-refractivity contribution in [2.24, 2.45) is 0 Å². The van der Waals surface area contributed by atoms with Gasteiger partial charge in [-0.15, -0.1) is 0 Å². The first kappa shape index (κ1) is 12.2. The number of aromatic nitrogens is 2. The summed E-state index contributed by atoms with van der Waals surface area (Å²) in [6.45, 7) is 1.50. The van der Waals surface area contributed by atoms with E-state index in [0.717, 1.165) is 10.7 Å². The van der Waals surface area contributed by atoms with Crippen molar-refractivity contribution in [3.8, 4) is 11.8 Å². The van der Waals surface area contributed by atoms with E-state index >= 15 is 0 Å². The molecule has 0 aliphatic rings. The van der Waals surface area contributed by atoms with Crippen LogP contribution in [0.4, 0.5) is 13.2 Å². The van der Waals surface area contributed by atoms with Crippen molar-refractivity contribution in [3.63, 3.8) is 0 Å². The second-order valence-corrected chi connectivity index (χ2v) is 3.74. The number of hydrogen-bond donors (Lipinski definition) is 0. The molecule has 0 saturated carbocycles. The number of nitrogens with zero attached hydrogens (tertiary/aromatic N) is 3. The Balaban J connectivity index is 2.53. The molecule has 6 heteroatoms. The highest BCUT2D eigenvalue weighted by molar-refractivity contribution is 5.40. The van der Waals surface area contributed by atoms with Gasteiger partial charge in [0.15, 0.2) is 0 Å². The highest BCUT2D eigenvalue weighted by atomic mass is 19.4. The summed E-state index contributed by atoms with van der Waals surface area (Å²) in [5.74, 6) is 0. The third kappa shape index (κ3) is 2.20. The summed E-state index contributed by atoms with van der Waals surface area (Å²) < 4.78 is 39.2. The Kier molecular flexibility index (Phi) is 2.83. The molecule has 0 radical (unpaired) electrons. The fraction of sp³-hybridized carbons (Fsp3) is 0.167. The third-order valence-electron chi connectivity index (χ3n) is 2.36. The molecule has 3 nitrogen and oxygen atoms in total. The van der Waals surface area contributed by atoms with Crippen LogP contribution in [0.2, 0.25) is 0 Å². The molecular formula is C12H8F3N3. The van der Waals surface area contributed by atoms with Gasteiger partial charge in [0.05, 0.1) is 23.0 Å². The smallest absolute Gasteiger partial charge is 0.228 e. The topological polar surface area (TPSA) is 41.6 Å². The lowest BCUT2D eigenvalue weighted by Gasteiger charge is -2.09. The van der Waals surface area contributed by atoms with E-state index in [9.17, 15) is 13.2 Å². The van der Waals surface area contributed by atoms with Crippen LogP contribution in [-0.4, -0.2) is 9.78 Å². The van der Waals surface area contributed by atoms with Gasteiger partial charge in [0, 0.05) is 0 Å². The van der Waals surface area contributed by atoms with Gasteiger partial charge in [-0.05, 0) is 37.3 Å². The monoisotopic (exact) mass is 251 g/mol. The van der Waals surface area contributed by atoms with Gasteiger partial charge in [-0.1, -0.05) is 0 Å². The minimum Gasteiger partial charge on any atom is -0.228 e. The SMILES string of the molecule is Cc1cc(C(F)(F)F)n(-c2ccc(C#N)cc2)n1. The number of rotatable bonds is 1. The lowest BCUT2D eigenvalue weighted by molar-refractivity contribution is -0.142. The Hall–Kier alpha value is -2.29. The summed E-state index contributed by atoms with van der Waals surface area (Å²) in [7, 11) is 0. The fourth-order valence-electron chi connectivity index (χ4n) is 1.58. The van der Waals surface area contributed by atoms with Gasteiger partial charge < -0.3 is 0 Å². The Morgan fingerprint density at radius 2 is 1.83 bits per heavy atom. The average Bonchev–Trinajstić information content (AvgIpc) is 2.71. The van der Waals surface area contributed by atoms with E-state index in [1.165, 1.54) is 31.2 Å². The molecule has 0 bridgehead atoms. The van der Waals surface area contributed by atoms with Gasteiger partial charge in [0.25, 0.3) is 0 Å². The minimum atomic E-state index is -4.46. The van der Waals surface area contributed by atoms with E-state index in [2.05, 4.69) is 5.10 Å². The fourth-order valence-corrected chi connectivity index (χ4v) is 1.58. The molecule has 0 amide bonds. The molecule has 2 rings (SSSR count). The Morgan fingerprint density at radius 1 is 1.22 bits per heavy atom. The second-order valence-electron chi connectivity index (χ2n) is 3.74. The summed E-state index contributed by atoms with van der Waals surface area (Å²) in [5.41, 5.74) is 0.113. The van der Waals surface area contributed by atoms with Crippen LogP contribution in [0.25, 0.3) is 5.69 Å². The van der Waals surface area contributed by atoms with E-state index in [0.29, 0.717) is 5.56 Å². The maximum Gasteiger partial charge on any atom is 0.433 e. The van der Waals surface area contributed by atoms with Crippen LogP contribution in [0.1, 0.15) is 17.0 Å². The normalized spacial score (nSPS) is 11.3. The lowest BCUT2D eigenvalue weighted by Crippen LogP contribution is -2.13. The largest absolute Gasteiger partial charge is 0.433 e. The van der Waals surface area contributed by atoms with Crippen molar-refractivity contribution in [2.45, 2.75) is 13.1 Å². The maximum absolute atomic E-state index is 12.8. The molecule has 0 aliphatic carbocycles. The Bertz CT molecular complexity index is 603. The number of alkyl halides is 3. The van der Waals surface area contributed by atoms with Gasteiger partial charge in [0.1, 0.15) is 5.69 Å². The molecule has 0 unspecified atom stereocenters. The van der Waals surface area contributed by atoms with Crippen LogP contribution >= 0.6 is 0 Å². The van der Waals surface area contributed by atoms with Crippen molar-refractivity contribution < 1.29 is 13.2 Å². The van der Waals surface area contributed by atoms with Crippen LogP contribution < -0.4 is 0 Å². The Labute approximate surface area is 101 Å². The molecule has 18 heavy (non-hydrogen) atoms. The van der Waals surface area contributed by atoms with E-state index in [-0.39, 0.29) is 11.4 Å². The first-order valence-corrected chi connectivity index (χ1v) is 5.06. The quantitative estimate of drug-likeness (QED) is 0.781. The zero-order chi connectivity index (χ0) is 13.3. The molecule has 0 N–H and O–H groups in total. The highest BCUT2D eigenvalue weighted by Gasteiger charge is 2.35. The zero-order valence-electron chi connectivity index (χ0n) is 9.36. The van der Waals surface area contributed by atoms with Gasteiger partial charge >= 0.3 is 6.18 Å². The number of halogens is 3. The number of hydrogen-bond acceptors (Lipinski definition) is 2. The lowest BCUT2D eigenvalue weighted by atomic mass is 10.2. The van der Waals surface area contributed by atoms with Crippen molar-refractivity contribution in [1.29, 1.82) is 5.26 Å². The molecule has 1 aromatic heterocycles. The van der Waals surface area contributed by atoms with Crippen LogP contribution in [0.3, 0.4) is 0 Å². The molecule has 0 atom stereocenters. The second kappa shape index (κ2) is 4.18. The molecule has 0 fully saturated rings. The van der Waals surface area contributed by atoms with Crippen molar-refractivity contribution in [1.82, 2.24) is 9.78 Å². The van der Waals surface area contributed by atoms with Crippen LogP contribution in [0, 0.1) is 18.3 Å². The first-order valence-electron chi connectivity index (χ1n) is 5.06. The predicted octanol–water partition coefficient (Wildman–Crippen LogP) is 3.07. The molecule has 1 heterocycles. The number of nitriles is 1. The summed E-state index contributed by atoms with van der Waals surface area (Å²) in [6.07, 6.45) is -4.46. The minimum absolute atomic E-state index is 0.273. The molecule has 92 valence electrons. The standard InChI is InChI=1S/C12H8F3N3/c1-8-6-11(12(13,14)15)18(17-8)10-4-2-9(7-16)3-5-10/h2-6H,1H3. The van der Waals surface area contributed by atoms with Crippen molar-refractivity contribution in [2.75, 3.05) is 0 Å². The van der Waals surface area contributed by atoms with Crippen molar-refractivity contribution in [3.05, 3.63) is 47.3 Å². The summed E-state index contributed by atoms with van der Waals surface area (Å²) in [4.78, 5) is 0. The molecule has 1 aromatic carbocycles. The summed E-state index contributed by atoms with van der Waals surface area (Å²) in [6, 6.07) is 8.65. The van der Waals surface area contributed by atoms with E-state index in [4.69, 9.17) is 5.26 Å². The van der Waals surface area contributed by atoms with E-state index < -0.39 is 11.9 Å². The third-order valence-corrected chi connectivity index (χ3v) is 2.36. The van der Waals surface area contributed by atoms with E-state index in [1.807, 2.05) is 6.07 Å². The Morgan fingerprint density at radius 3 is 2.33 bits per heavy atom. The van der Waals surface area contributed by atoms with Gasteiger partial charge in [-0.3, -0.25) is 0 Å². The molecule has 0 spiro atoms. The van der Waals surface area contributed by atoms with Gasteiger partial charge in [0.2, 0.25) is 0 Å². The summed E-state index contributed by atoms with van der Waals surface area (Å²) >= 11 is 0. The van der Waals surface area contributed by atoms with Gasteiger partial charge in [-0.2, -0.15) is 23.5 Å². The zero-order valence-corrected chi connectivity index (χ0v) is 9.36. The summed E-state index contributed by atoms with van der Waals surface area (Å²) in [5, 5.41) is 12.5. The van der Waals surface area contributed by atoms with Crippen LogP contribution in [0.5, 0.6) is 0 Å². The van der Waals surface area contributed by atoms with Crippen molar-refractivity contribution >= 4 is 0 Å². The van der Waals surface area contributed by atoms with E-state index in [1.54, 1.807) is 0 Å². The van der Waals surface area contributed by atoms with Gasteiger partial charge in [-0.25, -0.2) is 4.68 Å². The molecule has 2 aromatic rings. The first-order chi connectivity index (χ1) is 8.41. The molecule has 0 saturated heterocycles. The highest BCUT2D eigenvalue weighted by Crippen LogP contribution is 2.31. The average molecular weight is 251 g/mol. The maximum atomic E-state index is 12.8. The molecule has 0 aliphatic heterocycles. The van der Waals surface area contributed by atoms with Crippen LogP contribution in [0.15, 0.2) is 30.3 Å². The molecular weight excluding hydrogens is 243 g/mol. The van der Waals surface area contributed by atoms with Crippen LogP contribution in [-0.2, 0) is 6.18 Å². The predicted molar refractivity (Wildman–Crippen MR) is 58.0 cm³/mol. The number of aryl methyl sites for hydroxylation is 1. The number of benzene rings is 1.